The summed E-state index contributed by atoms with van der Waals surface area (Å²) in [6.45, 7) is 6.36. The summed E-state index contributed by atoms with van der Waals surface area (Å²) in [6.07, 6.45) is 3.99. The van der Waals surface area contributed by atoms with E-state index in [9.17, 15) is 0 Å². The van der Waals surface area contributed by atoms with E-state index in [1.54, 1.807) is 0 Å². The fraction of sp³-hybridized carbons (Fsp3) is 0.625. The van der Waals surface area contributed by atoms with Crippen LogP contribution in [0.3, 0.4) is 0 Å². The Hall–Kier alpha value is -0.860. The third-order valence-corrected chi connectivity index (χ3v) is 4.50. The SMILES string of the molecule is Cc1ccc(C2(CC3CCCNC3)COC2)cc1. The Morgan fingerprint density at radius 1 is 1.28 bits per heavy atom. The summed E-state index contributed by atoms with van der Waals surface area (Å²) in [5.41, 5.74) is 3.12. The van der Waals surface area contributed by atoms with Crippen molar-refractivity contribution in [1.29, 1.82) is 0 Å². The molecule has 1 unspecified atom stereocenters. The molecule has 2 heteroatoms. The molecule has 0 aliphatic carbocycles. The average molecular weight is 245 g/mol. The summed E-state index contributed by atoms with van der Waals surface area (Å²) in [6, 6.07) is 9.06. The van der Waals surface area contributed by atoms with E-state index in [1.807, 2.05) is 0 Å². The molecule has 0 bridgehead atoms. The molecule has 2 aliphatic rings. The van der Waals surface area contributed by atoms with Gasteiger partial charge in [0.2, 0.25) is 0 Å². The van der Waals surface area contributed by atoms with Crippen LogP contribution in [0, 0.1) is 12.8 Å². The third kappa shape index (κ3) is 2.32. The van der Waals surface area contributed by atoms with Crippen molar-refractivity contribution >= 4 is 0 Å². The first-order chi connectivity index (χ1) is 8.78. The van der Waals surface area contributed by atoms with Gasteiger partial charge in [0.05, 0.1) is 13.2 Å². The van der Waals surface area contributed by atoms with Crippen molar-refractivity contribution in [2.45, 2.75) is 31.6 Å². The van der Waals surface area contributed by atoms with Crippen molar-refractivity contribution in [1.82, 2.24) is 5.32 Å². The topological polar surface area (TPSA) is 21.3 Å². The second kappa shape index (κ2) is 5.02. The molecule has 2 aliphatic heterocycles. The first kappa shape index (κ1) is 12.2. The molecule has 0 amide bonds. The van der Waals surface area contributed by atoms with Gasteiger partial charge in [-0.25, -0.2) is 0 Å². The lowest BCUT2D eigenvalue weighted by molar-refractivity contribution is -0.0726. The lowest BCUT2D eigenvalue weighted by Crippen LogP contribution is -2.49. The molecule has 2 fully saturated rings. The molecular weight excluding hydrogens is 222 g/mol. The Kier molecular flexibility index (Phi) is 3.40. The van der Waals surface area contributed by atoms with Crippen molar-refractivity contribution in [3.8, 4) is 0 Å². The van der Waals surface area contributed by atoms with Crippen LogP contribution < -0.4 is 5.32 Å². The number of nitrogens with one attached hydrogen (secondary N) is 1. The van der Waals surface area contributed by atoms with Crippen LogP contribution in [0.2, 0.25) is 0 Å². The Morgan fingerprint density at radius 2 is 2.06 bits per heavy atom. The number of hydrogen-bond donors (Lipinski definition) is 1. The number of aryl methyl sites for hydroxylation is 1. The molecule has 1 N–H and O–H groups in total. The summed E-state index contributed by atoms with van der Waals surface area (Å²) in [4.78, 5) is 0. The molecule has 0 radical (unpaired) electrons. The number of benzene rings is 1. The van der Waals surface area contributed by atoms with Crippen molar-refractivity contribution in [2.24, 2.45) is 5.92 Å². The maximum Gasteiger partial charge on any atom is 0.0585 e. The van der Waals surface area contributed by atoms with Crippen LogP contribution >= 0.6 is 0 Å². The van der Waals surface area contributed by atoms with Gasteiger partial charge >= 0.3 is 0 Å². The molecule has 2 heterocycles. The standard InChI is InChI=1S/C16H23NO/c1-13-4-6-15(7-5-13)16(11-18-12-16)9-14-3-2-8-17-10-14/h4-7,14,17H,2-3,8-12H2,1H3. The Labute approximate surface area is 110 Å². The van der Waals surface area contributed by atoms with Crippen LogP contribution in [0.4, 0.5) is 0 Å². The van der Waals surface area contributed by atoms with E-state index in [-0.39, 0.29) is 0 Å². The minimum atomic E-state index is 0.303. The smallest absolute Gasteiger partial charge is 0.0585 e. The van der Waals surface area contributed by atoms with Gasteiger partial charge in [-0.15, -0.1) is 0 Å². The number of piperidine rings is 1. The molecule has 0 aromatic heterocycles. The fourth-order valence-electron chi connectivity index (χ4n) is 3.31. The van der Waals surface area contributed by atoms with Crippen LogP contribution in [0.1, 0.15) is 30.4 Å². The molecule has 2 nitrogen and oxygen atoms in total. The van der Waals surface area contributed by atoms with E-state index in [4.69, 9.17) is 4.74 Å². The van der Waals surface area contributed by atoms with Crippen LogP contribution in [0.5, 0.6) is 0 Å². The molecule has 18 heavy (non-hydrogen) atoms. The van der Waals surface area contributed by atoms with E-state index in [1.165, 1.54) is 43.5 Å². The fourth-order valence-corrected chi connectivity index (χ4v) is 3.31. The van der Waals surface area contributed by atoms with Gasteiger partial charge in [-0.1, -0.05) is 29.8 Å². The molecule has 3 rings (SSSR count). The predicted molar refractivity (Wildman–Crippen MR) is 73.9 cm³/mol. The number of ether oxygens (including phenoxy) is 1. The van der Waals surface area contributed by atoms with E-state index >= 15 is 0 Å². The molecule has 0 spiro atoms. The van der Waals surface area contributed by atoms with E-state index in [0.29, 0.717) is 5.41 Å². The first-order valence-electron chi connectivity index (χ1n) is 7.14. The summed E-state index contributed by atoms with van der Waals surface area (Å²) in [5.74, 6) is 0.823. The van der Waals surface area contributed by atoms with Crippen molar-refractivity contribution in [2.75, 3.05) is 26.3 Å². The van der Waals surface area contributed by atoms with Gasteiger partial charge in [-0.2, -0.15) is 0 Å². The first-order valence-corrected chi connectivity index (χ1v) is 7.14. The zero-order valence-electron chi connectivity index (χ0n) is 11.2. The normalized spacial score (nSPS) is 26.6. The molecule has 1 aromatic rings. The van der Waals surface area contributed by atoms with Crippen molar-refractivity contribution in [3.63, 3.8) is 0 Å². The summed E-state index contributed by atoms with van der Waals surface area (Å²) >= 11 is 0. The van der Waals surface area contributed by atoms with Crippen molar-refractivity contribution < 1.29 is 4.74 Å². The van der Waals surface area contributed by atoms with Crippen molar-refractivity contribution in [3.05, 3.63) is 35.4 Å². The van der Waals surface area contributed by atoms with Gasteiger partial charge in [-0.3, -0.25) is 0 Å². The van der Waals surface area contributed by atoms with Gasteiger partial charge in [0.25, 0.3) is 0 Å². The van der Waals surface area contributed by atoms with Crippen LogP contribution in [0.25, 0.3) is 0 Å². The highest BCUT2D eigenvalue weighted by Crippen LogP contribution is 2.39. The van der Waals surface area contributed by atoms with Gasteiger partial charge in [-0.05, 0) is 50.8 Å². The minimum Gasteiger partial charge on any atom is -0.379 e. The Balaban J connectivity index is 1.74. The monoisotopic (exact) mass is 245 g/mol. The molecule has 98 valence electrons. The van der Waals surface area contributed by atoms with Crippen LogP contribution in [-0.2, 0) is 10.2 Å². The van der Waals surface area contributed by atoms with Gasteiger partial charge in [0, 0.05) is 5.41 Å². The average Bonchev–Trinajstić information content (AvgIpc) is 2.36. The lowest BCUT2D eigenvalue weighted by atomic mass is 9.71. The molecule has 1 aromatic carbocycles. The second-order valence-corrected chi connectivity index (χ2v) is 6.06. The van der Waals surface area contributed by atoms with E-state index in [0.717, 1.165) is 19.1 Å². The van der Waals surface area contributed by atoms with Crippen LogP contribution in [-0.4, -0.2) is 26.3 Å². The van der Waals surface area contributed by atoms with Crippen LogP contribution in [0.15, 0.2) is 24.3 Å². The minimum absolute atomic E-state index is 0.303. The third-order valence-electron chi connectivity index (χ3n) is 4.50. The van der Waals surface area contributed by atoms with Gasteiger partial charge < -0.3 is 10.1 Å². The molecule has 0 saturated carbocycles. The highest BCUT2D eigenvalue weighted by molar-refractivity contribution is 5.31. The zero-order valence-corrected chi connectivity index (χ0v) is 11.2. The van der Waals surface area contributed by atoms with E-state index < -0.39 is 0 Å². The Morgan fingerprint density at radius 3 is 2.61 bits per heavy atom. The molecule has 1 atom stereocenters. The van der Waals surface area contributed by atoms with E-state index in [2.05, 4.69) is 36.5 Å². The highest BCUT2D eigenvalue weighted by Gasteiger charge is 2.41. The molecular formula is C16H23NO. The summed E-state index contributed by atoms with van der Waals surface area (Å²) < 4.78 is 5.54. The second-order valence-electron chi connectivity index (χ2n) is 6.06. The largest absolute Gasteiger partial charge is 0.379 e. The van der Waals surface area contributed by atoms with Gasteiger partial charge in [0.15, 0.2) is 0 Å². The number of hydrogen-bond acceptors (Lipinski definition) is 2. The Bertz CT molecular complexity index is 388. The maximum absolute atomic E-state index is 5.54. The summed E-state index contributed by atoms with van der Waals surface area (Å²) in [7, 11) is 0. The lowest BCUT2D eigenvalue weighted by Gasteiger charge is -2.45. The zero-order chi connectivity index (χ0) is 12.4. The van der Waals surface area contributed by atoms with Gasteiger partial charge in [0.1, 0.15) is 0 Å². The predicted octanol–water partition coefficient (Wildman–Crippen LogP) is 2.65. The summed E-state index contributed by atoms with van der Waals surface area (Å²) in [5, 5.41) is 3.53. The highest BCUT2D eigenvalue weighted by atomic mass is 16.5. The quantitative estimate of drug-likeness (QED) is 0.884. The molecule has 2 saturated heterocycles. The maximum atomic E-state index is 5.54. The number of rotatable bonds is 3.